The lowest BCUT2D eigenvalue weighted by atomic mass is 9.85. The molecule has 0 aliphatic heterocycles. The Labute approximate surface area is 132 Å². The van der Waals surface area contributed by atoms with E-state index in [-0.39, 0.29) is 4.88 Å². The number of benzene rings is 2. The Hall–Kier alpha value is -2.43. The van der Waals surface area contributed by atoms with E-state index in [0.29, 0.717) is 16.0 Å². The summed E-state index contributed by atoms with van der Waals surface area (Å²) in [4.78, 5) is 11.9. The molecule has 0 spiro atoms. The molecular formula is C18H14O3S. The molecule has 0 bridgehead atoms. The molecule has 4 heteroatoms. The second kappa shape index (κ2) is 5.75. The molecule has 0 radical (unpaired) electrons. The van der Waals surface area contributed by atoms with E-state index in [9.17, 15) is 9.90 Å². The molecule has 1 heterocycles. The van der Waals surface area contributed by atoms with Crippen LogP contribution in [0.4, 0.5) is 0 Å². The third kappa shape index (κ3) is 2.43. The number of rotatable bonds is 4. The predicted molar refractivity (Wildman–Crippen MR) is 86.3 cm³/mol. The van der Waals surface area contributed by atoms with E-state index in [1.807, 2.05) is 60.7 Å². The molecule has 2 aromatic carbocycles. The first kappa shape index (κ1) is 14.5. The first-order valence-electron chi connectivity index (χ1n) is 6.79. The SMILES string of the molecule is O=C(O)c1ccc(C(O)(c2ccccc2)c2ccccc2)s1. The van der Waals surface area contributed by atoms with Crippen LogP contribution in [0.1, 0.15) is 25.7 Å². The molecule has 0 aliphatic rings. The highest BCUT2D eigenvalue weighted by Gasteiger charge is 2.35. The van der Waals surface area contributed by atoms with Gasteiger partial charge in [0.2, 0.25) is 0 Å². The first-order chi connectivity index (χ1) is 10.6. The van der Waals surface area contributed by atoms with E-state index < -0.39 is 11.6 Å². The molecule has 0 fully saturated rings. The van der Waals surface area contributed by atoms with Crippen molar-refractivity contribution < 1.29 is 15.0 Å². The molecule has 0 unspecified atom stereocenters. The highest BCUT2D eigenvalue weighted by molar-refractivity contribution is 7.14. The van der Waals surface area contributed by atoms with Crippen molar-refractivity contribution in [1.29, 1.82) is 0 Å². The van der Waals surface area contributed by atoms with Gasteiger partial charge >= 0.3 is 5.97 Å². The molecular weight excluding hydrogens is 296 g/mol. The molecule has 0 atom stereocenters. The second-order valence-electron chi connectivity index (χ2n) is 4.91. The zero-order chi connectivity index (χ0) is 15.6. The lowest BCUT2D eigenvalue weighted by Gasteiger charge is -2.28. The second-order valence-corrected chi connectivity index (χ2v) is 6.00. The lowest BCUT2D eigenvalue weighted by Crippen LogP contribution is -2.27. The van der Waals surface area contributed by atoms with Crippen LogP contribution in [0.2, 0.25) is 0 Å². The van der Waals surface area contributed by atoms with Crippen molar-refractivity contribution >= 4 is 17.3 Å². The van der Waals surface area contributed by atoms with Crippen molar-refractivity contribution in [3.8, 4) is 0 Å². The third-order valence-corrected chi connectivity index (χ3v) is 4.74. The van der Waals surface area contributed by atoms with Crippen molar-refractivity contribution in [3.05, 3.63) is 93.7 Å². The van der Waals surface area contributed by atoms with E-state index >= 15 is 0 Å². The van der Waals surface area contributed by atoms with Gasteiger partial charge in [0.05, 0.1) is 0 Å². The fourth-order valence-corrected chi connectivity index (χ4v) is 3.44. The standard InChI is InChI=1S/C18H14O3S/c19-17(20)15-11-12-16(22-15)18(21,13-7-3-1-4-8-13)14-9-5-2-6-10-14/h1-12,21H,(H,19,20). The van der Waals surface area contributed by atoms with Crippen molar-refractivity contribution in [1.82, 2.24) is 0 Å². The van der Waals surface area contributed by atoms with Gasteiger partial charge in [0, 0.05) is 4.88 Å². The summed E-state index contributed by atoms with van der Waals surface area (Å²) in [7, 11) is 0. The third-order valence-electron chi connectivity index (χ3n) is 3.56. The van der Waals surface area contributed by atoms with Crippen LogP contribution in [0.15, 0.2) is 72.8 Å². The van der Waals surface area contributed by atoms with Gasteiger partial charge in [-0.25, -0.2) is 4.79 Å². The van der Waals surface area contributed by atoms with Crippen molar-refractivity contribution in [2.75, 3.05) is 0 Å². The van der Waals surface area contributed by atoms with E-state index in [2.05, 4.69) is 0 Å². The maximum absolute atomic E-state index is 11.4. The van der Waals surface area contributed by atoms with Crippen LogP contribution in [0.3, 0.4) is 0 Å². The highest BCUT2D eigenvalue weighted by Crippen LogP contribution is 2.39. The van der Waals surface area contributed by atoms with Gasteiger partial charge in [-0.05, 0) is 23.3 Å². The number of aliphatic hydroxyl groups is 1. The number of aromatic carboxylic acids is 1. The largest absolute Gasteiger partial charge is 0.477 e. The Kier molecular flexibility index (Phi) is 3.79. The summed E-state index contributed by atoms with van der Waals surface area (Å²) in [5, 5.41) is 20.6. The fourth-order valence-electron chi connectivity index (χ4n) is 2.46. The van der Waals surface area contributed by atoms with E-state index in [4.69, 9.17) is 5.11 Å². The topological polar surface area (TPSA) is 57.5 Å². The Morgan fingerprint density at radius 2 is 1.32 bits per heavy atom. The van der Waals surface area contributed by atoms with E-state index in [0.717, 1.165) is 11.3 Å². The molecule has 0 amide bonds. The number of hydrogen-bond donors (Lipinski definition) is 2. The van der Waals surface area contributed by atoms with Gasteiger partial charge in [-0.1, -0.05) is 60.7 Å². The van der Waals surface area contributed by atoms with E-state index in [1.54, 1.807) is 6.07 Å². The van der Waals surface area contributed by atoms with Gasteiger partial charge in [0.25, 0.3) is 0 Å². The number of thiophene rings is 1. The van der Waals surface area contributed by atoms with Gasteiger partial charge < -0.3 is 10.2 Å². The van der Waals surface area contributed by atoms with Gasteiger partial charge in [0.15, 0.2) is 0 Å². The predicted octanol–water partition coefficient (Wildman–Crippen LogP) is 3.73. The summed E-state index contributed by atoms with van der Waals surface area (Å²) < 4.78 is 0. The molecule has 0 aliphatic carbocycles. The van der Waals surface area contributed by atoms with Crippen LogP contribution in [-0.2, 0) is 5.60 Å². The molecule has 3 rings (SSSR count). The number of carbonyl (C=O) groups is 1. The molecule has 22 heavy (non-hydrogen) atoms. The zero-order valence-corrected chi connectivity index (χ0v) is 12.5. The molecule has 0 saturated heterocycles. The average Bonchev–Trinajstić information content (AvgIpc) is 3.06. The zero-order valence-electron chi connectivity index (χ0n) is 11.6. The number of carboxylic acid groups (broad SMARTS) is 1. The summed E-state index contributed by atoms with van der Waals surface area (Å²) in [6, 6.07) is 21.7. The van der Waals surface area contributed by atoms with Crippen LogP contribution >= 0.6 is 11.3 Å². The average molecular weight is 310 g/mol. The van der Waals surface area contributed by atoms with Gasteiger partial charge in [-0.15, -0.1) is 11.3 Å². The van der Waals surface area contributed by atoms with Gasteiger partial charge in [-0.2, -0.15) is 0 Å². The van der Waals surface area contributed by atoms with Crippen LogP contribution in [0, 0.1) is 0 Å². The minimum atomic E-state index is -1.36. The maximum atomic E-state index is 11.4. The van der Waals surface area contributed by atoms with Crippen LogP contribution < -0.4 is 0 Å². The fraction of sp³-hybridized carbons (Fsp3) is 0.0556. The minimum Gasteiger partial charge on any atom is -0.477 e. The molecule has 2 N–H and O–H groups in total. The van der Waals surface area contributed by atoms with Crippen molar-refractivity contribution in [2.45, 2.75) is 5.60 Å². The van der Waals surface area contributed by atoms with Gasteiger partial charge in [-0.3, -0.25) is 0 Å². The molecule has 1 aromatic heterocycles. The lowest BCUT2D eigenvalue weighted by molar-refractivity contribution is 0.0702. The Morgan fingerprint density at radius 3 is 1.73 bits per heavy atom. The summed E-state index contributed by atoms with van der Waals surface area (Å²) in [6.45, 7) is 0. The Bertz CT molecular complexity index is 739. The normalized spacial score (nSPS) is 11.3. The quantitative estimate of drug-likeness (QED) is 0.772. The molecule has 3 nitrogen and oxygen atoms in total. The number of carboxylic acids is 1. The van der Waals surface area contributed by atoms with Crippen LogP contribution in [0.5, 0.6) is 0 Å². The summed E-state index contributed by atoms with van der Waals surface area (Å²) in [5.74, 6) is -0.986. The molecule has 110 valence electrons. The summed E-state index contributed by atoms with van der Waals surface area (Å²) >= 11 is 1.09. The van der Waals surface area contributed by atoms with Crippen molar-refractivity contribution in [3.63, 3.8) is 0 Å². The Morgan fingerprint density at radius 1 is 0.818 bits per heavy atom. The van der Waals surface area contributed by atoms with Crippen LogP contribution in [-0.4, -0.2) is 16.2 Å². The molecule has 0 saturated carbocycles. The van der Waals surface area contributed by atoms with Crippen molar-refractivity contribution in [2.24, 2.45) is 0 Å². The first-order valence-corrected chi connectivity index (χ1v) is 7.61. The monoisotopic (exact) mass is 310 g/mol. The maximum Gasteiger partial charge on any atom is 0.345 e. The number of hydrogen-bond acceptors (Lipinski definition) is 3. The smallest absolute Gasteiger partial charge is 0.345 e. The highest BCUT2D eigenvalue weighted by atomic mass is 32.1. The van der Waals surface area contributed by atoms with E-state index in [1.165, 1.54) is 6.07 Å². The van der Waals surface area contributed by atoms with Crippen LogP contribution in [0.25, 0.3) is 0 Å². The Balaban J connectivity index is 2.21. The molecule has 3 aromatic rings. The minimum absolute atomic E-state index is 0.209. The summed E-state index contributed by atoms with van der Waals surface area (Å²) in [5.41, 5.74) is 0.0564. The van der Waals surface area contributed by atoms with Gasteiger partial charge in [0.1, 0.15) is 10.5 Å². The summed E-state index contributed by atoms with van der Waals surface area (Å²) in [6.07, 6.45) is 0.